The molecule has 1 heterocycles. The van der Waals surface area contributed by atoms with Gasteiger partial charge in [0.1, 0.15) is 11.6 Å². The van der Waals surface area contributed by atoms with Gasteiger partial charge in [0.15, 0.2) is 5.78 Å². The molecule has 3 rings (SSSR count). The highest BCUT2D eigenvalue weighted by molar-refractivity contribution is 6.10. The Balaban J connectivity index is 2.00. The van der Waals surface area contributed by atoms with Crippen molar-refractivity contribution in [3.8, 4) is 5.75 Å². The van der Waals surface area contributed by atoms with Crippen LogP contribution in [0.5, 0.6) is 5.75 Å². The number of fused-ring (bicyclic) bond motifs is 1. The second kappa shape index (κ2) is 6.20. The minimum atomic E-state index is -0.556. The first kappa shape index (κ1) is 15.2. The first-order valence-electron chi connectivity index (χ1n) is 7.35. The van der Waals surface area contributed by atoms with Crippen molar-refractivity contribution in [2.45, 2.75) is 19.4 Å². The summed E-state index contributed by atoms with van der Waals surface area (Å²) in [5.74, 6) is -0.305. The lowest BCUT2D eigenvalue weighted by atomic mass is 10.1. The van der Waals surface area contributed by atoms with Crippen LogP contribution >= 0.6 is 0 Å². The minimum absolute atomic E-state index is 0.0795. The van der Waals surface area contributed by atoms with Gasteiger partial charge >= 0.3 is 0 Å². The normalized spacial score (nSPS) is 14.4. The van der Waals surface area contributed by atoms with Crippen molar-refractivity contribution in [3.63, 3.8) is 0 Å². The molecule has 2 aromatic carbocycles. The quantitative estimate of drug-likeness (QED) is 0.873. The van der Waals surface area contributed by atoms with Crippen LogP contribution in [0.3, 0.4) is 0 Å². The molecule has 0 spiro atoms. The number of ether oxygens (including phenoxy) is 1. The topological polar surface area (TPSA) is 46.6 Å². The molecule has 2 aromatic rings. The summed E-state index contributed by atoms with van der Waals surface area (Å²) in [6.07, 6.45) is 0.192. The van der Waals surface area contributed by atoms with Gasteiger partial charge in [-0.3, -0.25) is 9.59 Å². The molecule has 1 aliphatic rings. The molecular formula is C18H16FNO3. The van der Waals surface area contributed by atoms with Crippen LogP contribution in [0.2, 0.25) is 0 Å². The Morgan fingerprint density at radius 2 is 1.83 bits per heavy atom. The van der Waals surface area contributed by atoms with Gasteiger partial charge in [-0.05, 0) is 29.8 Å². The Kier molecular flexibility index (Phi) is 4.10. The molecule has 0 saturated heterocycles. The fraction of sp³-hybridized carbons (Fsp3) is 0.222. The second-order valence-corrected chi connectivity index (χ2v) is 5.39. The van der Waals surface area contributed by atoms with Gasteiger partial charge in [-0.15, -0.1) is 0 Å². The number of carbonyl (C=O) groups excluding carboxylic acids is 2. The molecule has 0 aromatic heterocycles. The number of ketones is 1. The van der Waals surface area contributed by atoms with Gasteiger partial charge in [0, 0.05) is 18.4 Å². The van der Waals surface area contributed by atoms with E-state index in [-0.39, 0.29) is 42.3 Å². The number of amides is 1. The Labute approximate surface area is 133 Å². The third-order valence-corrected chi connectivity index (χ3v) is 3.92. The van der Waals surface area contributed by atoms with Crippen LogP contribution < -0.4 is 9.64 Å². The molecule has 0 fully saturated rings. The van der Waals surface area contributed by atoms with E-state index in [0.29, 0.717) is 5.75 Å². The van der Waals surface area contributed by atoms with Gasteiger partial charge in [0.05, 0.1) is 19.3 Å². The molecule has 0 atom stereocenters. The van der Waals surface area contributed by atoms with Gasteiger partial charge in [0.25, 0.3) is 0 Å². The lowest BCUT2D eigenvalue weighted by Gasteiger charge is -2.23. The first-order valence-corrected chi connectivity index (χ1v) is 7.35. The van der Waals surface area contributed by atoms with Crippen molar-refractivity contribution in [3.05, 3.63) is 59.4 Å². The summed E-state index contributed by atoms with van der Waals surface area (Å²) in [6, 6.07) is 11.5. The van der Waals surface area contributed by atoms with E-state index in [4.69, 9.17) is 4.74 Å². The van der Waals surface area contributed by atoms with Gasteiger partial charge in [-0.25, -0.2) is 4.39 Å². The molecule has 5 heteroatoms. The number of nitrogens with zero attached hydrogens (tertiary/aromatic N) is 1. The molecule has 1 amide bonds. The first-order chi connectivity index (χ1) is 11.1. The van der Waals surface area contributed by atoms with Crippen molar-refractivity contribution >= 4 is 17.4 Å². The molecule has 0 bridgehead atoms. The summed E-state index contributed by atoms with van der Waals surface area (Å²) in [6.45, 7) is 0.212. The van der Waals surface area contributed by atoms with Crippen LogP contribution in [0, 0.1) is 5.82 Å². The largest absolute Gasteiger partial charge is 0.497 e. The number of carbonyl (C=O) groups is 2. The molecular weight excluding hydrogens is 297 g/mol. The number of Topliss-reactive ketones (excluding diaryl/α,β-unsaturated/α-hetero) is 1. The third-order valence-electron chi connectivity index (χ3n) is 3.92. The fourth-order valence-corrected chi connectivity index (χ4v) is 2.71. The Hall–Kier alpha value is -2.69. The molecule has 23 heavy (non-hydrogen) atoms. The van der Waals surface area contributed by atoms with Crippen molar-refractivity contribution in [2.24, 2.45) is 0 Å². The smallest absolute Gasteiger partial charge is 0.227 e. The van der Waals surface area contributed by atoms with E-state index in [2.05, 4.69) is 0 Å². The molecule has 0 saturated carbocycles. The van der Waals surface area contributed by atoms with Crippen LogP contribution in [0.1, 0.15) is 28.8 Å². The molecule has 118 valence electrons. The van der Waals surface area contributed by atoms with E-state index in [1.54, 1.807) is 25.3 Å². The highest BCUT2D eigenvalue weighted by Crippen LogP contribution is 2.31. The van der Waals surface area contributed by atoms with Gasteiger partial charge < -0.3 is 9.64 Å². The van der Waals surface area contributed by atoms with E-state index in [0.717, 1.165) is 5.56 Å². The number of halogens is 1. The summed E-state index contributed by atoms with van der Waals surface area (Å²) in [4.78, 5) is 25.9. The van der Waals surface area contributed by atoms with Crippen LogP contribution in [0.15, 0.2) is 42.5 Å². The summed E-state index contributed by atoms with van der Waals surface area (Å²) in [5.41, 5.74) is 1.18. The maximum Gasteiger partial charge on any atom is 0.227 e. The van der Waals surface area contributed by atoms with Gasteiger partial charge in [-0.1, -0.05) is 18.2 Å². The van der Waals surface area contributed by atoms with Crippen LogP contribution in [0.25, 0.3) is 0 Å². The lowest BCUT2D eigenvalue weighted by Crippen LogP contribution is -2.30. The number of anilines is 1. The van der Waals surface area contributed by atoms with E-state index < -0.39 is 5.82 Å². The number of hydrogen-bond donors (Lipinski definition) is 0. The van der Waals surface area contributed by atoms with E-state index in [9.17, 15) is 14.0 Å². The summed E-state index contributed by atoms with van der Waals surface area (Å²) >= 11 is 0. The number of benzene rings is 2. The SMILES string of the molecule is COc1ccc(CN2C(=O)CCC(=O)c3cccc(F)c32)cc1. The van der Waals surface area contributed by atoms with Crippen molar-refractivity contribution < 1.29 is 18.7 Å². The van der Waals surface area contributed by atoms with Crippen molar-refractivity contribution in [1.82, 2.24) is 0 Å². The van der Waals surface area contributed by atoms with E-state index >= 15 is 0 Å². The van der Waals surface area contributed by atoms with Crippen molar-refractivity contribution in [1.29, 1.82) is 0 Å². The Morgan fingerprint density at radius 1 is 1.09 bits per heavy atom. The lowest BCUT2D eigenvalue weighted by molar-refractivity contribution is -0.118. The van der Waals surface area contributed by atoms with Crippen LogP contribution in [-0.4, -0.2) is 18.8 Å². The Morgan fingerprint density at radius 3 is 2.52 bits per heavy atom. The molecule has 0 aliphatic carbocycles. The number of para-hydroxylation sites is 1. The van der Waals surface area contributed by atoms with Crippen LogP contribution in [0.4, 0.5) is 10.1 Å². The fourth-order valence-electron chi connectivity index (χ4n) is 2.71. The zero-order valence-electron chi connectivity index (χ0n) is 12.7. The average molecular weight is 313 g/mol. The molecule has 0 N–H and O–H groups in total. The van der Waals surface area contributed by atoms with Crippen molar-refractivity contribution in [2.75, 3.05) is 12.0 Å². The summed E-state index contributed by atoms with van der Waals surface area (Å²) < 4.78 is 19.4. The maximum atomic E-state index is 14.3. The molecule has 0 unspecified atom stereocenters. The maximum absolute atomic E-state index is 14.3. The minimum Gasteiger partial charge on any atom is -0.497 e. The third kappa shape index (κ3) is 2.95. The zero-order valence-corrected chi connectivity index (χ0v) is 12.7. The average Bonchev–Trinajstić information content (AvgIpc) is 2.68. The van der Waals surface area contributed by atoms with Crippen LogP contribution in [-0.2, 0) is 11.3 Å². The standard InChI is InChI=1S/C18H16FNO3/c1-23-13-7-5-12(6-8-13)11-20-17(22)10-9-16(21)14-3-2-4-15(19)18(14)20/h2-8H,9-11H2,1H3. The summed E-state index contributed by atoms with van der Waals surface area (Å²) in [7, 11) is 1.57. The highest BCUT2D eigenvalue weighted by Gasteiger charge is 2.29. The number of rotatable bonds is 3. The van der Waals surface area contributed by atoms with Gasteiger partial charge in [-0.2, -0.15) is 0 Å². The molecule has 4 nitrogen and oxygen atoms in total. The molecule has 1 aliphatic heterocycles. The monoisotopic (exact) mass is 313 g/mol. The van der Waals surface area contributed by atoms with E-state index in [1.807, 2.05) is 12.1 Å². The highest BCUT2D eigenvalue weighted by atomic mass is 19.1. The number of hydrogen-bond acceptors (Lipinski definition) is 3. The Bertz CT molecular complexity index is 755. The summed E-state index contributed by atoms with van der Waals surface area (Å²) in [5, 5.41) is 0. The second-order valence-electron chi connectivity index (χ2n) is 5.39. The van der Waals surface area contributed by atoms with E-state index in [1.165, 1.54) is 17.0 Å². The van der Waals surface area contributed by atoms with Gasteiger partial charge in [0.2, 0.25) is 5.91 Å². The number of methoxy groups -OCH3 is 1. The predicted molar refractivity (Wildman–Crippen MR) is 84.1 cm³/mol. The zero-order chi connectivity index (χ0) is 16.4. The predicted octanol–water partition coefficient (Wildman–Crippen LogP) is 3.34. The molecule has 0 radical (unpaired) electrons.